The first-order chi connectivity index (χ1) is 13.6. The standard InChI is InChI=1S/C23H24N2O3/c1-3-15-24-23(27)19-12-6-7-13-20(19)25-22(26)16(2)28-21-14-8-10-17-9-4-5-11-18(17)21/h4-14,16H,3,15H2,1-2H3,(H,24,27)(H,25,26)/t16-/m0/s1. The maximum atomic E-state index is 12.7. The highest BCUT2D eigenvalue weighted by Crippen LogP contribution is 2.26. The van der Waals surface area contributed by atoms with Crippen molar-refractivity contribution in [3.05, 3.63) is 72.3 Å². The van der Waals surface area contributed by atoms with Crippen molar-refractivity contribution in [1.29, 1.82) is 0 Å². The molecule has 28 heavy (non-hydrogen) atoms. The first-order valence-electron chi connectivity index (χ1n) is 9.42. The van der Waals surface area contributed by atoms with Crippen LogP contribution < -0.4 is 15.4 Å². The third-order valence-corrected chi connectivity index (χ3v) is 4.39. The Balaban J connectivity index is 1.74. The van der Waals surface area contributed by atoms with Crippen LogP contribution in [0.25, 0.3) is 10.8 Å². The lowest BCUT2D eigenvalue weighted by atomic mass is 10.1. The summed E-state index contributed by atoms with van der Waals surface area (Å²) in [5, 5.41) is 7.64. The molecule has 3 rings (SSSR count). The zero-order chi connectivity index (χ0) is 19.9. The van der Waals surface area contributed by atoms with Gasteiger partial charge in [-0.2, -0.15) is 0 Å². The largest absolute Gasteiger partial charge is 0.480 e. The summed E-state index contributed by atoms with van der Waals surface area (Å²) in [6.07, 6.45) is 0.119. The van der Waals surface area contributed by atoms with E-state index in [1.807, 2.05) is 49.4 Å². The number of fused-ring (bicyclic) bond motifs is 1. The third kappa shape index (κ3) is 4.49. The molecule has 0 saturated heterocycles. The molecular formula is C23H24N2O3. The fourth-order valence-corrected chi connectivity index (χ4v) is 2.90. The highest BCUT2D eigenvalue weighted by Gasteiger charge is 2.19. The first kappa shape index (κ1) is 19.4. The zero-order valence-corrected chi connectivity index (χ0v) is 16.1. The summed E-state index contributed by atoms with van der Waals surface area (Å²) in [4.78, 5) is 25.0. The number of hydrogen-bond acceptors (Lipinski definition) is 3. The Morgan fingerprint density at radius 3 is 2.50 bits per heavy atom. The van der Waals surface area contributed by atoms with E-state index >= 15 is 0 Å². The quantitative estimate of drug-likeness (QED) is 0.643. The fraction of sp³-hybridized carbons (Fsp3) is 0.217. The molecule has 5 nitrogen and oxygen atoms in total. The van der Waals surface area contributed by atoms with Gasteiger partial charge in [-0.15, -0.1) is 0 Å². The second-order valence-electron chi connectivity index (χ2n) is 6.53. The number of anilines is 1. The van der Waals surface area contributed by atoms with Gasteiger partial charge in [-0.25, -0.2) is 0 Å². The molecule has 0 aliphatic rings. The summed E-state index contributed by atoms with van der Waals surface area (Å²) in [5.41, 5.74) is 0.899. The van der Waals surface area contributed by atoms with Crippen LogP contribution in [0.2, 0.25) is 0 Å². The molecule has 5 heteroatoms. The Kier molecular flexibility index (Phi) is 6.27. The minimum absolute atomic E-state index is 0.208. The van der Waals surface area contributed by atoms with E-state index in [4.69, 9.17) is 4.74 Å². The number of benzene rings is 3. The average molecular weight is 376 g/mol. The Morgan fingerprint density at radius 2 is 1.68 bits per heavy atom. The number of carbonyl (C=O) groups is 2. The van der Waals surface area contributed by atoms with E-state index in [1.54, 1.807) is 31.2 Å². The lowest BCUT2D eigenvalue weighted by Crippen LogP contribution is -2.32. The molecule has 0 heterocycles. The molecule has 0 unspecified atom stereocenters. The summed E-state index contributed by atoms with van der Waals surface area (Å²) >= 11 is 0. The SMILES string of the molecule is CCCNC(=O)c1ccccc1NC(=O)[C@H](C)Oc1cccc2ccccc12. The maximum absolute atomic E-state index is 12.7. The van der Waals surface area contributed by atoms with Crippen LogP contribution in [0.4, 0.5) is 5.69 Å². The van der Waals surface area contributed by atoms with E-state index in [0.29, 0.717) is 23.5 Å². The summed E-state index contributed by atoms with van der Waals surface area (Å²) < 4.78 is 5.91. The van der Waals surface area contributed by atoms with Crippen LogP contribution >= 0.6 is 0 Å². The van der Waals surface area contributed by atoms with Gasteiger partial charge in [0.15, 0.2) is 6.10 Å². The van der Waals surface area contributed by atoms with Gasteiger partial charge in [0.2, 0.25) is 0 Å². The summed E-state index contributed by atoms with van der Waals surface area (Å²) in [7, 11) is 0. The molecule has 3 aromatic rings. The molecule has 0 fully saturated rings. The van der Waals surface area contributed by atoms with E-state index < -0.39 is 6.10 Å². The topological polar surface area (TPSA) is 67.4 Å². The molecule has 2 amide bonds. The van der Waals surface area contributed by atoms with Crippen molar-refractivity contribution in [3.63, 3.8) is 0 Å². The average Bonchev–Trinajstić information content (AvgIpc) is 2.72. The van der Waals surface area contributed by atoms with E-state index in [0.717, 1.165) is 17.2 Å². The fourth-order valence-electron chi connectivity index (χ4n) is 2.90. The Labute approximate surface area is 164 Å². The third-order valence-electron chi connectivity index (χ3n) is 4.39. The van der Waals surface area contributed by atoms with Crippen molar-refractivity contribution < 1.29 is 14.3 Å². The molecule has 2 N–H and O–H groups in total. The Morgan fingerprint density at radius 1 is 0.964 bits per heavy atom. The van der Waals surface area contributed by atoms with Crippen LogP contribution in [0.5, 0.6) is 5.75 Å². The van der Waals surface area contributed by atoms with Crippen LogP contribution in [0.1, 0.15) is 30.6 Å². The molecule has 1 atom stereocenters. The number of ether oxygens (including phenoxy) is 1. The van der Waals surface area contributed by atoms with Gasteiger partial charge in [-0.3, -0.25) is 9.59 Å². The van der Waals surface area contributed by atoms with Gasteiger partial charge >= 0.3 is 0 Å². The Bertz CT molecular complexity index is 979. The van der Waals surface area contributed by atoms with Gasteiger partial charge in [0.05, 0.1) is 11.3 Å². The van der Waals surface area contributed by atoms with E-state index in [-0.39, 0.29) is 11.8 Å². The van der Waals surface area contributed by atoms with Gasteiger partial charge in [0.25, 0.3) is 11.8 Å². The molecule has 0 spiro atoms. The highest BCUT2D eigenvalue weighted by molar-refractivity contribution is 6.04. The smallest absolute Gasteiger partial charge is 0.265 e. The Hall–Kier alpha value is -3.34. The van der Waals surface area contributed by atoms with E-state index in [1.165, 1.54) is 0 Å². The van der Waals surface area contributed by atoms with Crippen LogP contribution in [-0.2, 0) is 4.79 Å². The molecule has 3 aromatic carbocycles. The normalized spacial score (nSPS) is 11.6. The lowest BCUT2D eigenvalue weighted by Gasteiger charge is -2.17. The summed E-state index contributed by atoms with van der Waals surface area (Å²) in [6.45, 7) is 4.26. The molecular weight excluding hydrogens is 352 g/mol. The van der Waals surface area contributed by atoms with Crippen molar-refractivity contribution in [2.24, 2.45) is 0 Å². The van der Waals surface area contributed by atoms with Gasteiger partial charge in [-0.1, -0.05) is 55.5 Å². The number of carbonyl (C=O) groups excluding carboxylic acids is 2. The van der Waals surface area contributed by atoms with E-state index in [2.05, 4.69) is 10.6 Å². The van der Waals surface area contributed by atoms with Crippen LogP contribution in [0.3, 0.4) is 0 Å². The molecule has 0 radical (unpaired) electrons. The van der Waals surface area contributed by atoms with Crippen molar-refractivity contribution in [1.82, 2.24) is 5.32 Å². The molecule has 0 aromatic heterocycles. The first-order valence-corrected chi connectivity index (χ1v) is 9.42. The van der Waals surface area contributed by atoms with Gasteiger partial charge in [-0.05, 0) is 36.9 Å². The van der Waals surface area contributed by atoms with Gasteiger partial charge < -0.3 is 15.4 Å². The minimum atomic E-state index is -0.724. The van der Waals surface area contributed by atoms with Gasteiger partial charge in [0, 0.05) is 11.9 Å². The van der Waals surface area contributed by atoms with Crippen molar-refractivity contribution >= 4 is 28.3 Å². The van der Waals surface area contributed by atoms with Crippen LogP contribution in [-0.4, -0.2) is 24.5 Å². The maximum Gasteiger partial charge on any atom is 0.265 e. The molecule has 0 aliphatic carbocycles. The number of rotatable bonds is 7. The number of nitrogens with one attached hydrogen (secondary N) is 2. The lowest BCUT2D eigenvalue weighted by molar-refractivity contribution is -0.122. The summed E-state index contributed by atoms with van der Waals surface area (Å²) in [5.74, 6) is 0.124. The number of amides is 2. The molecule has 0 aliphatic heterocycles. The second-order valence-corrected chi connectivity index (χ2v) is 6.53. The number of para-hydroxylation sites is 1. The van der Waals surface area contributed by atoms with Crippen LogP contribution in [0.15, 0.2) is 66.7 Å². The molecule has 144 valence electrons. The predicted molar refractivity (Wildman–Crippen MR) is 112 cm³/mol. The minimum Gasteiger partial charge on any atom is -0.480 e. The highest BCUT2D eigenvalue weighted by atomic mass is 16.5. The summed E-state index contributed by atoms with van der Waals surface area (Å²) in [6, 6.07) is 20.6. The molecule has 0 saturated carbocycles. The zero-order valence-electron chi connectivity index (χ0n) is 16.1. The number of hydrogen-bond donors (Lipinski definition) is 2. The van der Waals surface area contributed by atoms with Gasteiger partial charge in [0.1, 0.15) is 5.75 Å². The van der Waals surface area contributed by atoms with Crippen LogP contribution in [0, 0.1) is 0 Å². The van der Waals surface area contributed by atoms with Crippen molar-refractivity contribution in [2.75, 3.05) is 11.9 Å². The monoisotopic (exact) mass is 376 g/mol. The second kappa shape index (κ2) is 9.04. The van der Waals surface area contributed by atoms with Crippen molar-refractivity contribution in [2.45, 2.75) is 26.4 Å². The van der Waals surface area contributed by atoms with E-state index in [9.17, 15) is 9.59 Å². The molecule has 0 bridgehead atoms. The predicted octanol–water partition coefficient (Wildman–Crippen LogP) is 4.39. The van der Waals surface area contributed by atoms with Crippen molar-refractivity contribution in [3.8, 4) is 5.75 Å².